The highest BCUT2D eigenvalue weighted by Crippen LogP contribution is 2.30. The van der Waals surface area contributed by atoms with E-state index in [0.717, 1.165) is 5.69 Å². The van der Waals surface area contributed by atoms with Crippen LogP contribution in [0.15, 0.2) is 42.5 Å². The van der Waals surface area contributed by atoms with E-state index < -0.39 is 5.97 Å². The van der Waals surface area contributed by atoms with Gasteiger partial charge in [0.05, 0.1) is 29.3 Å². The molecule has 0 atom stereocenters. The highest BCUT2D eigenvalue weighted by Gasteiger charge is 2.24. The molecule has 0 aromatic heterocycles. The summed E-state index contributed by atoms with van der Waals surface area (Å²) in [6.45, 7) is 3.75. The van der Waals surface area contributed by atoms with E-state index in [2.05, 4.69) is 0 Å². The highest BCUT2D eigenvalue weighted by atomic mass is 35.5. The lowest BCUT2D eigenvalue weighted by Gasteiger charge is -2.25. The van der Waals surface area contributed by atoms with E-state index in [9.17, 15) is 9.59 Å². The fraction of sp³-hybridized carbons (Fsp3) is 0.286. The molecule has 5 nitrogen and oxygen atoms in total. The summed E-state index contributed by atoms with van der Waals surface area (Å²) < 4.78 is 5.12. The fourth-order valence-electron chi connectivity index (χ4n) is 2.83. The Morgan fingerprint density at radius 2 is 1.75 bits per heavy atom. The van der Waals surface area contributed by atoms with Gasteiger partial charge in [0.2, 0.25) is 5.91 Å². The average molecular weight is 419 g/mol. The maximum Gasteiger partial charge on any atom is 0.340 e. The van der Waals surface area contributed by atoms with Gasteiger partial charge in [0, 0.05) is 24.8 Å². The summed E-state index contributed by atoms with van der Waals surface area (Å²) in [5, 5.41) is 0.407. The Hall–Kier alpha value is -2.44. The Bertz CT molecular complexity index is 887. The molecule has 0 spiro atoms. The van der Waals surface area contributed by atoms with Crippen LogP contribution in [0.1, 0.15) is 29.3 Å². The molecule has 28 heavy (non-hydrogen) atoms. The summed E-state index contributed by atoms with van der Waals surface area (Å²) in [5.74, 6) is -0.754. The zero-order valence-corrected chi connectivity index (χ0v) is 17.9. The number of nitrogens with zero attached hydrogens (tertiary/aromatic N) is 2. The number of hydrogen-bond acceptors (Lipinski definition) is 4. The van der Waals surface area contributed by atoms with Crippen LogP contribution in [0.2, 0.25) is 5.02 Å². The van der Waals surface area contributed by atoms with E-state index in [1.807, 2.05) is 37.4 Å². The second-order valence-electron chi connectivity index (χ2n) is 6.26. The Labute approximate surface area is 175 Å². The molecule has 0 unspecified atom stereocenters. The number of rotatable bonds is 6. The zero-order chi connectivity index (χ0) is 20.8. The van der Waals surface area contributed by atoms with Gasteiger partial charge in [0.1, 0.15) is 0 Å². The van der Waals surface area contributed by atoms with Gasteiger partial charge in [-0.3, -0.25) is 4.79 Å². The number of amides is 1. The fourth-order valence-corrected chi connectivity index (χ4v) is 3.33. The number of halogens is 1. The number of thiocarbonyl (C=S) groups is 1. The second kappa shape index (κ2) is 9.66. The number of para-hydroxylation sites is 1. The first-order valence-electron chi connectivity index (χ1n) is 8.81. The first-order chi connectivity index (χ1) is 13.3. The minimum absolute atomic E-state index is 0.0293. The van der Waals surface area contributed by atoms with Gasteiger partial charge in [-0.2, -0.15) is 0 Å². The maximum atomic E-state index is 12.9. The lowest BCUT2D eigenvalue weighted by molar-refractivity contribution is -0.117. The molecule has 0 saturated carbocycles. The molecule has 148 valence electrons. The molecular weight excluding hydrogens is 396 g/mol. The van der Waals surface area contributed by atoms with Crippen molar-refractivity contribution in [1.82, 2.24) is 0 Å². The Morgan fingerprint density at radius 1 is 1.11 bits per heavy atom. The van der Waals surface area contributed by atoms with Crippen LogP contribution in [0.4, 0.5) is 11.4 Å². The molecule has 0 saturated heterocycles. The SMILES string of the molecule is CCOC(=O)c1cc(Cl)cc(C)c1N(C)C(=O)CC(=S)N(C)c1ccccc1. The largest absolute Gasteiger partial charge is 0.462 e. The Morgan fingerprint density at radius 3 is 2.36 bits per heavy atom. The molecule has 0 aliphatic carbocycles. The van der Waals surface area contributed by atoms with Crippen LogP contribution in [0.25, 0.3) is 0 Å². The zero-order valence-electron chi connectivity index (χ0n) is 16.4. The molecule has 0 aliphatic rings. The monoisotopic (exact) mass is 418 g/mol. The molecule has 0 aliphatic heterocycles. The number of carbonyl (C=O) groups excluding carboxylic acids is 2. The third kappa shape index (κ3) is 5.09. The van der Waals surface area contributed by atoms with E-state index in [4.69, 9.17) is 28.6 Å². The van der Waals surface area contributed by atoms with E-state index in [1.54, 1.807) is 31.9 Å². The van der Waals surface area contributed by atoms with Crippen LogP contribution in [0.3, 0.4) is 0 Å². The van der Waals surface area contributed by atoms with E-state index >= 15 is 0 Å². The van der Waals surface area contributed by atoms with Crippen molar-refractivity contribution in [2.75, 3.05) is 30.5 Å². The van der Waals surface area contributed by atoms with Crippen LogP contribution in [0, 0.1) is 6.92 Å². The molecule has 1 amide bonds. The predicted octanol–water partition coefficient (Wildman–Crippen LogP) is 4.64. The molecule has 2 aromatic carbocycles. The maximum absolute atomic E-state index is 12.9. The van der Waals surface area contributed by atoms with Gasteiger partial charge in [0.15, 0.2) is 0 Å². The van der Waals surface area contributed by atoms with Gasteiger partial charge in [-0.1, -0.05) is 42.0 Å². The van der Waals surface area contributed by atoms with Gasteiger partial charge in [-0.05, 0) is 43.7 Å². The number of anilines is 2. The van der Waals surface area contributed by atoms with Crippen molar-refractivity contribution in [2.45, 2.75) is 20.3 Å². The lowest BCUT2D eigenvalue weighted by atomic mass is 10.1. The average Bonchev–Trinajstić information content (AvgIpc) is 2.67. The summed E-state index contributed by atoms with van der Waals surface area (Å²) in [6.07, 6.45) is 0.0293. The van der Waals surface area contributed by atoms with Crippen molar-refractivity contribution >= 4 is 52.1 Å². The standard InChI is InChI=1S/C21H23ClN2O3S/c1-5-27-21(26)17-12-15(22)11-14(2)20(17)24(4)18(25)13-19(28)23(3)16-9-7-6-8-10-16/h6-12H,5,13H2,1-4H3. The third-order valence-electron chi connectivity index (χ3n) is 4.29. The normalized spacial score (nSPS) is 10.3. The Kier molecular flexibility index (Phi) is 7.54. The lowest BCUT2D eigenvalue weighted by Crippen LogP contribution is -2.34. The summed E-state index contributed by atoms with van der Waals surface area (Å²) in [7, 11) is 3.44. The molecule has 0 bridgehead atoms. The summed E-state index contributed by atoms with van der Waals surface area (Å²) in [5.41, 5.74) is 2.33. The van der Waals surface area contributed by atoms with Gasteiger partial charge in [-0.25, -0.2) is 4.79 Å². The van der Waals surface area contributed by atoms with Crippen molar-refractivity contribution < 1.29 is 14.3 Å². The molecule has 7 heteroatoms. The number of ether oxygens (including phenoxy) is 1. The Balaban J connectivity index is 2.25. The molecule has 0 N–H and O–H groups in total. The van der Waals surface area contributed by atoms with Crippen molar-refractivity contribution in [2.24, 2.45) is 0 Å². The molecule has 0 heterocycles. The highest BCUT2D eigenvalue weighted by molar-refractivity contribution is 7.80. The number of hydrogen-bond donors (Lipinski definition) is 0. The number of esters is 1. The molecular formula is C21H23ClN2O3S. The number of aryl methyl sites for hydroxylation is 1. The van der Waals surface area contributed by atoms with Gasteiger partial charge in [-0.15, -0.1) is 0 Å². The minimum atomic E-state index is -0.522. The predicted molar refractivity (Wildman–Crippen MR) is 118 cm³/mol. The molecule has 0 radical (unpaired) electrons. The van der Waals surface area contributed by atoms with Crippen molar-refractivity contribution in [1.29, 1.82) is 0 Å². The van der Waals surface area contributed by atoms with Crippen LogP contribution >= 0.6 is 23.8 Å². The van der Waals surface area contributed by atoms with E-state index in [-0.39, 0.29) is 24.5 Å². The van der Waals surface area contributed by atoms with E-state index in [1.165, 1.54) is 11.0 Å². The van der Waals surface area contributed by atoms with Gasteiger partial charge < -0.3 is 14.5 Å². The summed E-state index contributed by atoms with van der Waals surface area (Å²) in [6, 6.07) is 12.8. The summed E-state index contributed by atoms with van der Waals surface area (Å²) >= 11 is 11.6. The molecule has 0 fully saturated rings. The minimum Gasteiger partial charge on any atom is -0.462 e. The smallest absolute Gasteiger partial charge is 0.340 e. The van der Waals surface area contributed by atoms with Crippen molar-refractivity contribution in [3.8, 4) is 0 Å². The van der Waals surface area contributed by atoms with Crippen LogP contribution in [-0.2, 0) is 9.53 Å². The van der Waals surface area contributed by atoms with Crippen LogP contribution < -0.4 is 9.80 Å². The van der Waals surface area contributed by atoms with Gasteiger partial charge >= 0.3 is 5.97 Å². The first-order valence-corrected chi connectivity index (χ1v) is 9.60. The summed E-state index contributed by atoms with van der Waals surface area (Å²) in [4.78, 5) is 29.0. The quantitative estimate of drug-likeness (QED) is 0.505. The number of carbonyl (C=O) groups is 2. The molecule has 2 rings (SSSR count). The van der Waals surface area contributed by atoms with E-state index in [0.29, 0.717) is 21.3 Å². The van der Waals surface area contributed by atoms with Crippen LogP contribution in [-0.4, -0.2) is 37.6 Å². The molecule has 2 aromatic rings. The number of benzene rings is 2. The van der Waals surface area contributed by atoms with Crippen LogP contribution in [0.5, 0.6) is 0 Å². The van der Waals surface area contributed by atoms with Gasteiger partial charge in [0.25, 0.3) is 0 Å². The van der Waals surface area contributed by atoms with Crippen molar-refractivity contribution in [3.63, 3.8) is 0 Å². The topological polar surface area (TPSA) is 49.9 Å². The third-order valence-corrected chi connectivity index (χ3v) is 4.93. The van der Waals surface area contributed by atoms with Crippen molar-refractivity contribution in [3.05, 3.63) is 58.6 Å². The first kappa shape index (κ1) is 21.9. The second-order valence-corrected chi connectivity index (χ2v) is 7.16.